The van der Waals surface area contributed by atoms with Crippen molar-refractivity contribution in [1.82, 2.24) is 0 Å². The molecule has 2 N–H and O–H groups in total. The Labute approximate surface area is 217 Å². The van der Waals surface area contributed by atoms with Crippen molar-refractivity contribution < 1.29 is 38.0 Å². The quantitative estimate of drug-likeness (QED) is 0.277. The number of hydrogen-bond acceptors (Lipinski definition) is 6. The van der Waals surface area contributed by atoms with Gasteiger partial charge >= 0.3 is 7.60 Å². The lowest BCUT2D eigenvalue weighted by atomic mass is 10.0. The molecule has 0 amide bonds. The van der Waals surface area contributed by atoms with Gasteiger partial charge in [0.2, 0.25) is 0 Å². The van der Waals surface area contributed by atoms with Crippen molar-refractivity contribution in [2.24, 2.45) is 0 Å². The van der Waals surface area contributed by atoms with Gasteiger partial charge in [-0.25, -0.2) is 0 Å². The van der Waals surface area contributed by atoms with Crippen LogP contribution in [-0.4, -0.2) is 68.7 Å². The standard InChI is InChI=1S/C27H47O8P/c1-2-3-4-5-6-7-8-9-11-24-13-14-26(27(22-24)36(28,29)30)35-23-25-12-10-15-31-16-17-32-18-19-33-20-21-34-25/h13-14,22,25H,2-12,15-21,23H2,1H3,(H2,28,29,30). The van der Waals surface area contributed by atoms with Gasteiger partial charge in [0.15, 0.2) is 0 Å². The van der Waals surface area contributed by atoms with Gasteiger partial charge in [-0.2, -0.15) is 0 Å². The predicted molar refractivity (Wildman–Crippen MR) is 141 cm³/mol. The molecule has 1 atom stereocenters. The summed E-state index contributed by atoms with van der Waals surface area (Å²) in [5, 5.41) is -0.0490. The van der Waals surface area contributed by atoms with E-state index in [1.165, 1.54) is 38.5 Å². The summed E-state index contributed by atoms with van der Waals surface area (Å²) in [6.45, 7) is 6.01. The number of aryl methyl sites for hydroxylation is 1. The molecule has 1 fully saturated rings. The van der Waals surface area contributed by atoms with Crippen LogP contribution in [0.25, 0.3) is 0 Å². The molecule has 1 heterocycles. The van der Waals surface area contributed by atoms with Crippen LogP contribution in [0.15, 0.2) is 18.2 Å². The second kappa shape index (κ2) is 19.1. The average molecular weight is 531 g/mol. The SMILES string of the molecule is CCCCCCCCCCc1ccc(OCC2CCCOCCOCCOCCO2)c(P(=O)(O)O)c1. The van der Waals surface area contributed by atoms with E-state index >= 15 is 0 Å². The number of hydrogen-bond donors (Lipinski definition) is 2. The minimum Gasteiger partial charge on any atom is -0.490 e. The molecule has 9 heteroatoms. The second-order valence-corrected chi connectivity index (χ2v) is 10.9. The highest BCUT2D eigenvalue weighted by atomic mass is 31.2. The fourth-order valence-corrected chi connectivity index (χ4v) is 4.92. The van der Waals surface area contributed by atoms with Crippen molar-refractivity contribution >= 4 is 12.9 Å². The second-order valence-electron chi connectivity index (χ2n) is 9.35. The molecule has 0 aliphatic carbocycles. The largest absolute Gasteiger partial charge is 0.490 e. The summed E-state index contributed by atoms with van der Waals surface area (Å²) in [6.07, 6.45) is 11.9. The van der Waals surface area contributed by atoms with E-state index in [1.807, 2.05) is 6.07 Å². The Morgan fingerprint density at radius 1 is 0.861 bits per heavy atom. The van der Waals surface area contributed by atoms with E-state index in [1.54, 1.807) is 12.1 Å². The number of unbranched alkanes of at least 4 members (excludes halogenated alkanes) is 7. The lowest BCUT2D eigenvalue weighted by Crippen LogP contribution is -2.26. The van der Waals surface area contributed by atoms with Crippen LogP contribution in [0.5, 0.6) is 5.75 Å². The molecule has 1 unspecified atom stereocenters. The van der Waals surface area contributed by atoms with Gasteiger partial charge in [-0.1, -0.05) is 57.9 Å². The highest BCUT2D eigenvalue weighted by Gasteiger charge is 2.24. The molecule has 36 heavy (non-hydrogen) atoms. The van der Waals surface area contributed by atoms with Gasteiger partial charge in [0.25, 0.3) is 0 Å². The van der Waals surface area contributed by atoms with Crippen LogP contribution in [0.4, 0.5) is 0 Å². The Balaban J connectivity index is 1.86. The summed E-state index contributed by atoms with van der Waals surface area (Å²) in [5.41, 5.74) is 0.930. The Morgan fingerprint density at radius 2 is 1.47 bits per heavy atom. The Hall–Kier alpha value is -0.990. The molecule has 1 aliphatic rings. The molecule has 0 radical (unpaired) electrons. The number of rotatable bonds is 13. The summed E-state index contributed by atoms with van der Waals surface area (Å²) in [7, 11) is -4.48. The first-order valence-corrected chi connectivity index (χ1v) is 15.3. The predicted octanol–water partition coefficient (Wildman–Crippen LogP) is 4.78. The molecule has 8 nitrogen and oxygen atoms in total. The molecule has 0 saturated carbocycles. The first kappa shape index (κ1) is 31.2. The first-order valence-electron chi connectivity index (χ1n) is 13.7. The van der Waals surface area contributed by atoms with Crippen molar-refractivity contribution in [3.05, 3.63) is 23.8 Å². The van der Waals surface area contributed by atoms with Crippen LogP contribution < -0.4 is 10.0 Å². The van der Waals surface area contributed by atoms with Gasteiger partial charge in [-0.05, 0) is 43.4 Å². The molecule has 1 aliphatic heterocycles. The molecule has 208 valence electrons. The van der Waals surface area contributed by atoms with Gasteiger partial charge in [-0.15, -0.1) is 0 Å². The maximum atomic E-state index is 12.2. The highest BCUT2D eigenvalue weighted by Crippen LogP contribution is 2.38. The Bertz CT molecular complexity index is 724. The molecule has 0 bridgehead atoms. The van der Waals surface area contributed by atoms with Gasteiger partial charge in [-0.3, -0.25) is 4.57 Å². The zero-order valence-electron chi connectivity index (χ0n) is 22.0. The van der Waals surface area contributed by atoms with Crippen molar-refractivity contribution in [2.45, 2.75) is 83.7 Å². The third kappa shape index (κ3) is 14.1. The number of ether oxygens (including phenoxy) is 5. The Morgan fingerprint density at radius 3 is 2.14 bits per heavy atom. The van der Waals surface area contributed by atoms with Crippen molar-refractivity contribution in [3.63, 3.8) is 0 Å². The summed E-state index contributed by atoms with van der Waals surface area (Å²) < 4.78 is 40.5. The van der Waals surface area contributed by atoms with Crippen molar-refractivity contribution in [1.29, 1.82) is 0 Å². The van der Waals surface area contributed by atoms with Gasteiger partial charge in [0.1, 0.15) is 17.7 Å². The number of benzene rings is 1. The maximum Gasteiger partial charge on any atom is 0.359 e. The molecule has 1 saturated heterocycles. The van der Waals surface area contributed by atoms with Gasteiger partial charge < -0.3 is 33.5 Å². The molecular formula is C27H47O8P. The average Bonchev–Trinajstić information content (AvgIpc) is 2.86. The molecule has 0 spiro atoms. The van der Waals surface area contributed by atoms with Crippen LogP contribution in [-0.2, 0) is 29.9 Å². The fraction of sp³-hybridized carbons (Fsp3) is 0.778. The van der Waals surface area contributed by atoms with Crippen LogP contribution >= 0.6 is 7.60 Å². The van der Waals surface area contributed by atoms with E-state index in [4.69, 9.17) is 23.7 Å². The summed E-state index contributed by atoms with van der Waals surface area (Å²) in [4.78, 5) is 19.9. The van der Waals surface area contributed by atoms with E-state index in [2.05, 4.69) is 6.92 Å². The first-order chi connectivity index (χ1) is 17.5. The molecule has 1 aromatic rings. The van der Waals surface area contributed by atoms with E-state index < -0.39 is 7.60 Å². The van der Waals surface area contributed by atoms with E-state index in [9.17, 15) is 14.4 Å². The topological polar surface area (TPSA) is 104 Å². The van der Waals surface area contributed by atoms with Gasteiger partial charge in [0.05, 0.1) is 45.7 Å². The normalized spacial score (nSPS) is 19.0. The van der Waals surface area contributed by atoms with E-state index in [-0.39, 0.29) is 23.8 Å². The smallest absolute Gasteiger partial charge is 0.359 e. The molecule has 1 aromatic carbocycles. The monoisotopic (exact) mass is 530 g/mol. The van der Waals surface area contributed by atoms with Crippen molar-refractivity contribution in [2.75, 3.05) is 52.9 Å². The lowest BCUT2D eigenvalue weighted by Gasteiger charge is -2.21. The molecular weight excluding hydrogens is 483 g/mol. The highest BCUT2D eigenvalue weighted by molar-refractivity contribution is 7.60. The van der Waals surface area contributed by atoms with Crippen LogP contribution in [0, 0.1) is 0 Å². The third-order valence-corrected chi connectivity index (χ3v) is 7.20. The molecule has 2 rings (SSSR count). The zero-order chi connectivity index (χ0) is 25.9. The summed E-state index contributed by atoms with van der Waals surface area (Å²) in [6, 6.07) is 5.20. The minimum atomic E-state index is -4.48. The fourth-order valence-electron chi connectivity index (χ4n) is 4.16. The maximum absolute atomic E-state index is 12.2. The van der Waals surface area contributed by atoms with Gasteiger partial charge in [0, 0.05) is 6.61 Å². The lowest BCUT2D eigenvalue weighted by molar-refractivity contribution is -0.0409. The summed E-state index contributed by atoms with van der Waals surface area (Å²) in [5.74, 6) is 0.218. The van der Waals surface area contributed by atoms with Crippen LogP contribution in [0.1, 0.15) is 76.7 Å². The van der Waals surface area contributed by atoms with E-state index in [0.717, 1.165) is 31.2 Å². The van der Waals surface area contributed by atoms with E-state index in [0.29, 0.717) is 52.7 Å². The third-order valence-electron chi connectivity index (χ3n) is 6.22. The minimum absolute atomic E-state index is 0.0490. The van der Waals surface area contributed by atoms with Crippen LogP contribution in [0.3, 0.4) is 0 Å². The molecule has 0 aromatic heterocycles. The summed E-state index contributed by atoms with van der Waals surface area (Å²) >= 11 is 0. The van der Waals surface area contributed by atoms with Crippen LogP contribution in [0.2, 0.25) is 0 Å². The van der Waals surface area contributed by atoms with Crippen molar-refractivity contribution in [3.8, 4) is 5.75 Å². The zero-order valence-corrected chi connectivity index (χ0v) is 22.9. The Kier molecular flexibility index (Phi) is 16.6.